The van der Waals surface area contributed by atoms with E-state index in [9.17, 15) is 4.79 Å². The minimum Gasteiger partial charge on any atom is -0.360 e. The molecular formula is C12H21N3O2. The Bertz CT molecular complexity index is 341. The van der Waals surface area contributed by atoms with Gasteiger partial charge in [0.15, 0.2) is 5.76 Å². The molecule has 5 nitrogen and oxygen atoms in total. The van der Waals surface area contributed by atoms with Gasteiger partial charge >= 0.3 is 0 Å². The fourth-order valence-electron chi connectivity index (χ4n) is 1.67. The first-order chi connectivity index (χ1) is 7.92. The fourth-order valence-corrected chi connectivity index (χ4v) is 1.67. The molecule has 1 aromatic rings. The van der Waals surface area contributed by atoms with Gasteiger partial charge in [-0.05, 0) is 11.8 Å². The van der Waals surface area contributed by atoms with Gasteiger partial charge < -0.3 is 15.6 Å². The molecule has 96 valence electrons. The van der Waals surface area contributed by atoms with Crippen LogP contribution in [-0.2, 0) is 11.3 Å². The van der Waals surface area contributed by atoms with Crippen molar-refractivity contribution >= 4 is 5.91 Å². The van der Waals surface area contributed by atoms with Gasteiger partial charge in [-0.3, -0.25) is 4.79 Å². The van der Waals surface area contributed by atoms with Crippen molar-refractivity contribution in [1.82, 2.24) is 10.5 Å². The second-order valence-electron chi connectivity index (χ2n) is 5.39. The molecule has 0 saturated carbocycles. The molecule has 0 fully saturated rings. The average Bonchev–Trinajstić information content (AvgIpc) is 2.74. The lowest BCUT2D eigenvalue weighted by molar-refractivity contribution is -0.125. The normalized spacial score (nSPS) is 13.4. The standard InChI is InChI=1S/C12H21N3O2/c1-12(2,3)6-9(7-13)11(16)14-8-10-4-5-15-17-10/h4-5,9H,6-8,13H2,1-3H3,(H,14,16). The zero-order chi connectivity index (χ0) is 12.9. The number of hydrogen-bond acceptors (Lipinski definition) is 4. The number of nitrogens with one attached hydrogen (secondary N) is 1. The van der Waals surface area contributed by atoms with Gasteiger partial charge in [-0.25, -0.2) is 0 Å². The van der Waals surface area contributed by atoms with Crippen LogP contribution in [0.3, 0.4) is 0 Å². The molecule has 1 aromatic heterocycles. The molecule has 0 radical (unpaired) electrons. The molecule has 3 N–H and O–H groups in total. The topological polar surface area (TPSA) is 81.2 Å². The lowest BCUT2D eigenvalue weighted by Crippen LogP contribution is -2.36. The van der Waals surface area contributed by atoms with Crippen LogP contribution in [0.5, 0.6) is 0 Å². The Labute approximate surface area is 102 Å². The van der Waals surface area contributed by atoms with E-state index in [1.165, 1.54) is 0 Å². The van der Waals surface area contributed by atoms with E-state index in [4.69, 9.17) is 10.3 Å². The van der Waals surface area contributed by atoms with Crippen LogP contribution < -0.4 is 11.1 Å². The molecular weight excluding hydrogens is 218 g/mol. The molecule has 0 saturated heterocycles. The van der Waals surface area contributed by atoms with Crippen LogP contribution in [0.2, 0.25) is 0 Å². The summed E-state index contributed by atoms with van der Waals surface area (Å²) in [5.74, 6) is 0.460. The van der Waals surface area contributed by atoms with Crippen LogP contribution in [0.1, 0.15) is 33.0 Å². The van der Waals surface area contributed by atoms with Gasteiger partial charge in [0.2, 0.25) is 5.91 Å². The smallest absolute Gasteiger partial charge is 0.224 e. The van der Waals surface area contributed by atoms with E-state index in [-0.39, 0.29) is 17.2 Å². The molecule has 1 heterocycles. The number of carbonyl (C=O) groups is 1. The van der Waals surface area contributed by atoms with Gasteiger partial charge in [0.1, 0.15) is 0 Å². The molecule has 0 spiro atoms. The van der Waals surface area contributed by atoms with E-state index in [0.717, 1.165) is 6.42 Å². The van der Waals surface area contributed by atoms with E-state index < -0.39 is 0 Å². The van der Waals surface area contributed by atoms with E-state index in [1.54, 1.807) is 12.3 Å². The third kappa shape index (κ3) is 4.99. The highest BCUT2D eigenvalue weighted by molar-refractivity contribution is 5.78. The maximum absolute atomic E-state index is 11.9. The Kier molecular flexibility index (Phi) is 4.69. The summed E-state index contributed by atoms with van der Waals surface area (Å²) < 4.78 is 4.90. The quantitative estimate of drug-likeness (QED) is 0.811. The minimum atomic E-state index is -0.155. The predicted octanol–water partition coefficient (Wildman–Crippen LogP) is 1.30. The Morgan fingerprint density at radius 2 is 2.29 bits per heavy atom. The number of rotatable bonds is 5. The number of carbonyl (C=O) groups excluding carboxylic acids is 1. The molecule has 17 heavy (non-hydrogen) atoms. The molecule has 0 bridgehead atoms. The highest BCUT2D eigenvalue weighted by Gasteiger charge is 2.23. The Hall–Kier alpha value is -1.36. The first kappa shape index (κ1) is 13.7. The summed E-state index contributed by atoms with van der Waals surface area (Å²) in [6, 6.07) is 1.72. The number of nitrogens with two attached hydrogens (primary N) is 1. The molecule has 0 aromatic carbocycles. The largest absolute Gasteiger partial charge is 0.360 e. The van der Waals surface area contributed by atoms with E-state index in [2.05, 4.69) is 31.2 Å². The zero-order valence-corrected chi connectivity index (χ0v) is 10.7. The van der Waals surface area contributed by atoms with Crippen molar-refractivity contribution in [2.24, 2.45) is 17.1 Å². The average molecular weight is 239 g/mol. The van der Waals surface area contributed by atoms with Gasteiger partial charge in [-0.2, -0.15) is 0 Å². The fraction of sp³-hybridized carbons (Fsp3) is 0.667. The van der Waals surface area contributed by atoms with Crippen LogP contribution >= 0.6 is 0 Å². The summed E-state index contributed by atoms with van der Waals surface area (Å²) in [4.78, 5) is 11.9. The third-order valence-corrected chi connectivity index (χ3v) is 2.44. The van der Waals surface area contributed by atoms with Crippen molar-refractivity contribution in [3.63, 3.8) is 0 Å². The Balaban J connectivity index is 2.44. The molecule has 1 rings (SSSR count). The summed E-state index contributed by atoms with van der Waals surface area (Å²) >= 11 is 0. The molecule has 1 amide bonds. The zero-order valence-electron chi connectivity index (χ0n) is 10.7. The van der Waals surface area contributed by atoms with Gasteiger partial charge in [0, 0.05) is 12.6 Å². The second-order valence-corrected chi connectivity index (χ2v) is 5.39. The van der Waals surface area contributed by atoms with Crippen molar-refractivity contribution < 1.29 is 9.32 Å². The van der Waals surface area contributed by atoms with Crippen LogP contribution in [-0.4, -0.2) is 17.6 Å². The van der Waals surface area contributed by atoms with Crippen LogP contribution in [0.15, 0.2) is 16.8 Å². The van der Waals surface area contributed by atoms with Crippen molar-refractivity contribution in [3.05, 3.63) is 18.0 Å². The molecule has 0 aliphatic carbocycles. The van der Waals surface area contributed by atoms with Gasteiger partial charge in [-0.15, -0.1) is 0 Å². The summed E-state index contributed by atoms with van der Waals surface area (Å²) in [7, 11) is 0. The van der Waals surface area contributed by atoms with Crippen LogP contribution in [0, 0.1) is 11.3 Å². The molecule has 1 atom stereocenters. The van der Waals surface area contributed by atoms with Gasteiger partial charge in [0.05, 0.1) is 18.7 Å². The van der Waals surface area contributed by atoms with Crippen molar-refractivity contribution in [2.45, 2.75) is 33.7 Å². The molecule has 1 unspecified atom stereocenters. The van der Waals surface area contributed by atoms with Crippen molar-refractivity contribution in [1.29, 1.82) is 0 Å². The first-order valence-corrected chi connectivity index (χ1v) is 5.80. The summed E-state index contributed by atoms with van der Waals surface area (Å²) in [5.41, 5.74) is 5.72. The highest BCUT2D eigenvalue weighted by Crippen LogP contribution is 2.24. The highest BCUT2D eigenvalue weighted by atomic mass is 16.5. The lowest BCUT2D eigenvalue weighted by Gasteiger charge is -2.24. The van der Waals surface area contributed by atoms with Crippen molar-refractivity contribution in [2.75, 3.05) is 6.54 Å². The van der Waals surface area contributed by atoms with Crippen LogP contribution in [0.25, 0.3) is 0 Å². The number of amides is 1. The Morgan fingerprint density at radius 1 is 1.59 bits per heavy atom. The maximum Gasteiger partial charge on any atom is 0.224 e. The number of nitrogens with zero attached hydrogens (tertiary/aromatic N) is 1. The van der Waals surface area contributed by atoms with E-state index in [1.807, 2.05) is 0 Å². The first-order valence-electron chi connectivity index (χ1n) is 5.80. The second kappa shape index (κ2) is 5.82. The molecule has 0 aliphatic heterocycles. The number of aromatic nitrogens is 1. The van der Waals surface area contributed by atoms with Crippen molar-refractivity contribution in [3.8, 4) is 0 Å². The van der Waals surface area contributed by atoms with E-state index in [0.29, 0.717) is 18.8 Å². The summed E-state index contributed by atoms with van der Waals surface area (Å²) in [5, 5.41) is 6.38. The van der Waals surface area contributed by atoms with Gasteiger partial charge in [0.25, 0.3) is 0 Å². The SMILES string of the molecule is CC(C)(C)CC(CN)C(=O)NCc1ccno1. The minimum absolute atomic E-state index is 0.0289. The van der Waals surface area contributed by atoms with Gasteiger partial charge in [-0.1, -0.05) is 25.9 Å². The predicted molar refractivity (Wildman–Crippen MR) is 65.0 cm³/mol. The van der Waals surface area contributed by atoms with Crippen LogP contribution in [0.4, 0.5) is 0 Å². The monoisotopic (exact) mass is 239 g/mol. The number of hydrogen-bond donors (Lipinski definition) is 2. The summed E-state index contributed by atoms with van der Waals surface area (Å²) in [6.45, 7) is 7.01. The maximum atomic E-state index is 11.9. The lowest BCUT2D eigenvalue weighted by atomic mass is 9.84. The molecule has 0 aliphatic rings. The Morgan fingerprint density at radius 3 is 2.76 bits per heavy atom. The van der Waals surface area contributed by atoms with E-state index >= 15 is 0 Å². The summed E-state index contributed by atoms with van der Waals surface area (Å²) in [6.07, 6.45) is 2.32. The third-order valence-electron chi connectivity index (χ3n) is 2.44. The molecule has 5 heteroatoms.